The summed E-state index contributed by atoms with van der Waals surface area (Å²) < 4.78 is 27.6. The van der Waals surface area contributed by atoms with Gasteiger partial charge in [0.05, 0.1) is 11.5 Å². The first-order valence-corrected chi connectivity index (χ1v) is 9.22. The molecular weight excluding hydrogens is 314 g/mol. The van der Waals surface area contributed by atoms with Crippen molar-refractivity contribution in [2.24, 2.45) is 7.05 Å². The Bertz CT molecular complexity index is 768. The van der Waals surface area contributed by atoms with Gasteiger partial charge < -0.3 is 9.30 Å². The lowest BCUT2D eigenvalue weighted by atomic mass is 10.0. The van der Waals surface area contributed by atoms with Crippen LogP contribution < -0.4 is 10.3 Å². The zero-order chi connectivity index (χ0) is 17.2. The van der Waals surface area contributed by atoms with Gasteiger partial charge in [-0.3, -0.25) is 13.9 Å². The van der Waals surface area contributed by atoms with E-state index >= 15 is 0 Å². The molecule has 0 aliphatic heterocycles. The van der Waals surface area contributed by atoms with Gasteiger partial charge in [-0.2, -0.15) is 10.6 Å². The SMILES string of the molecule is CCOc1ccc(S(O)(O)CC)cc1-c1cn(C)c(=O)cc1C. The van der Waals surface area contributed by atoms with Gasteiger partial charge in [0.2, 0.25) is 0 Å². The first kappa shape index (κ1) is 17.6. The molecule has 126 valence electrons. The van der Waals surface area contributed by atoms with E-state index in [1.165, 1.54) is 4.57 Å². The molecule has 6 heteroatoms. The summed E-state index contributed by atoms with van der Waals surface area (Å²) in [7, 11) is -1.13. The van der Waals surface area contributed by atoms with Crippen LogP contribution in [0.5, 0.6) is 5.75 Å². The summed E-state index contributed by atoms with van der Waals surface area (Å²) in [6, 6.07) is 6.75. The first-order valence-electron chi connectivity index (χ1n) is 7.50. The lowest BCUT2D eigenvalue weighted by Gasteiger charge is -2.31. The molecule has 1 aromatic carbocycles. The maximum absolute atomic E-state index is 11.8. The number of pyridine rings is 1. The van der Waals surface area contributed by atoms with Crippen LogP contribution in [-0.2, 0) is 7.05 Å². The van der Waals surface area contributed by atoms with Crippen molar-refractivity contribution in [3.8, 4) is 16.9 Å². The molecule has 2 N–H and O–H groups in total. The highest BCUT2D eigenvalue weighted by Gasteiger charge is 2.18. The van der Waals surface area contributed by atoms with Crippen molar-refractivity contribution in [1.82, 2.24) is 4.57 Å². The van der Waals surface area contributed by atoms with Crippen LogP contribution in [-0.4, -0.2) is 26.0 Å². The van der Waals surface area contributed by atoms with E-state index in [0.29, 0.717) is 17.3 Å². The van der Waals surface area contributed by atoms with Crippen LogP contribution in [0.15, 0.2) is 40.2 Å². The monoisotopic (exact) mass is 337 g/mol. The second kappa shape index (κ2) is 6.78. The molecule has 0 saturated heterocycles. The highest BCUT2D eigenvalue weighted by atomic mass is 32.3. The number of nitrogens with zero attached hydrogens (tertiary/aromatic N) is 1. The maximum atomic E-state index is 11.8. The molecule has 1 aromatic heterocycles. The van der Waals surface area contributed by atoms with Gasteiger partial charge in [-0.15, -0.1) is 0 Å². The standard InChI is InChI=1S/C17H23NO4S/c1-5-22-16-8-7-13(23(20,21)6-2)10-14(16)15-11-18(4)17(19)9-12(15)3/h7-11,20-21H,5-6H2,1-4H3. The van der Waals surface area contributed by atoms with Gasteiger partial charge in [0, 0.05) is 36.2 Å². The minimum Gasteiger partial charge on any atom is -0.493 e. The van der Waals surface area contributed by atoms with Gasteiger partial charge in [-0.25, -0.2) is 0 Å². The number of aryl methyl sites for hydroxylation is 2. The van der Waals surface area contributed by atoms with Crippen LogP contribution in [0.2, 0.25) is 0 Å². The van der Waals surface area contributed by atoms with Crippen LogP contribution in [0.3, 0.4) is 0 Å². The molecule has 5 nitrogen and oxygen atoms in total. The summed E-state index contributed by atoms with van der Waals surface area (Å²) in [5, 5.41) is 0. The van der Waals surface area contributed by atoms with E-state index in [1.807, 2.05) is 13.8 Å². The third kappa shape index (κ3) is 3.60. The minimum absolute atomic E-state index is 0.0850. The minimum atomic E-state index is -2.82. The number of aromatic nitrogens is 1. The Hall–Kier alpha value is -1.76. The van der Waals surface area contributed by atoms with Crippen LogP contribution in [0.4, 0.5) is 0 Å². The third-order valence-corrected chi connectivity index (χ3v) is 5.57. The average molecular weight is 337 g/mol. The number of hydrogen-bond donors (Lipinski definition) is 2. The molecule has 0 atom stereocenters. The Balaban J connectivity index is 2.70. The largest absolute Gasteiger partial charge is 0.493 e. The molecular formula is C17H23NO4S. The van der Waals surface area contributed by atoms with E-state index in [0.717, 1.165) is 16.7 Å². The van der Waals surface area contributed by atoms with Gasteiger partial charge in [0.25, 0.3) is 5.56 Å². The van der Waals surface area contributed by atoms with Crippen LogP contribution in [0, 0.1) is 6.92 Å². The van der Waals surface area contributed by atoms with Crippen LogP contribution >= 0.6 is 10.6 Å². The fourth-order valence-electron chi connectivity index (χ4n) is 2.38. The molecule has 0 radical (unpaired) electrons. The van der Waals surface area contributed by atoms with Gasteiger partial charge >= 0.3 is 0 Å². The van der Waals surface area contributed by atoms with Gasteiger partial charge in [0.1, 0.15) is 5.75 Å². The van der Waals surface area contributed by atoms with E-state index < -0.39 is 10.6 Å². The van der Waals surface area contributed by atoms with Crippen molar-refractivity contribution < 1.29 is 13.8 Å². The molecule has 0 fully saturated rings. The molecule has 2 rings (SSSR count). The number of ether oxygens (including phenoxy) is 1. The van der Waals surface area contributed by atoms with E-state index in [1.54, 1.807) is 44.4 Å². The fourth-order valence-corrected chi connectivity index (χ4v) is 3.30. The van der Waals surface area contributed by atoms with Crippen molar-refractivity contribution in [3.63, 3.8) is 0 Å². The summed E-state index contributed by atoms with van der Waals surface area (Å²) in [4.78, 5) is 12.2. The highest BCUT2D eigenvalue weighted by Crippen LogP contribution is 2.49. The fraction of sp³-hybridized carbons (Fsp3) is 0.353. The number of hydrogen-bond acceptors (Lipinski definition) is 4. The van der Waals surface area contributed by atoms with E-state index in [9.17, 15) is 13.9 Å². The summed E-state index contributed by atoms with van der Waals surface area (Å²) in [5.41, 5.74) is 2.33. The Kier molecular flexibility index (Phi) is 5.19. The van der Waals surface area contributed by atoms with E-state index in [2.05, 4.69) is 0 Å². The summed E-state index contributed by atoms with van der Waals surface area (Å²) in [5.74, 6) is 0.913. The van der Waals surface area contributed by atoms with Crippen LogP contribution in [0.1, 0.15) is 19.4 Å². The molecule has 0 unspecified atom stereocenters. The average Bonchev–Trinajstić information content (AvgIpc) is 2.51. The van der Waals surface area contributed by atoms with Crippen LogP contribution in [0.25, 0.3) is 11.1 Å². The van der Waals surface area contributed by atoms with Gasteiger partial charge in [-0.05, 0) is 44.5 Å². The molecule has 2 aromatic rings. The first-order chi connectivity index (χ1) is 10.8. The predicted octanol–water partition coefficient (Wildman–Crippen LogP) is 3.89. The van der Waals surface area contributed by atoms with E-state index in [4.69, 9.17) is 4.74 Å². The molecule has 0 amide bonds. The Morgan fingerprint density at radius 1 is 1.17 bits per heavy atom. The van der Waals surface area contributed by atoms with Crippen molar-refractivity contribution in [2.75, 3.05) is 12.4 Å². The topological polar surface area (TPSA) is 71.7 Å². The second-order valence-corrected chi connectivity index (χ2v) is 7.75. The summed E-state index contributed by atoms with van der Waals surface area (Å²) in [6.45, 7) is 5.99. The Morgan fingerprint density at radius 3 is 2.48 bits per heavy atom. The highest BCUT2D eigenvalue weighted by molar-refractivity contribution is 8.24. The number of rotatable bonds is 5. The molecule has 1 heterocycles. The van der Waals surface area contributed by atoms with Gasteiger partial charge in [-0.1, -0.05) is 0 Å². The zero-order valence-electron chi connectivity index (χ0n) is 13.9. The lowest BCUT2D eigenvalue weighted by Crippen LogP contribution is -2.15. The smallest absolute Gasteiger partial charge is 0.250 e. The molecule has 0 spiro atoms. The van der Waals surface area contributed by atoms with Gasteiger partial charge in [0.15, 0.2) is 0 Å². The normalized spacial score (nSPS) is 12.3. The molecule has 0 bridgehead atoms. The molecule has 0 aliphatic rings. The van der Waals surface area contributed by atoms with Crippen molar-refractivity contribution in [1.29, 1.82) is 0 Å². The number of benzene rings is 1. The Morgan fingerprint density at radius 2 is 1.87 bits per heavy atom. The summed E-state index contributed by atoms with van der Waals surface area (Å²) in [6.07, 6.45) is 1.75. The van der Waals surface area contributed by atoms with Crippen molar-refractivity contribution >= 4 is 10.6 Å². The molecule has 23 heavy (non-hydrogen) atoms. The van der Waals surface area contributed by atoms with E-state index in [-0.39, 0.29) is 11.3 Å². The quantitative estimate of drug-likeness (QED) is 0.868. The summed E-state index contributed by atoms with van der Waals surface area (Å²) >= 11 is 0. The van der Waals surface area contributed by atoms with Crippen molar-refractivity contribution in [3.05, 3.63) is 46.4 Å². The lowest BCUT2D eigenvalue weighted by molar-refractivity contribution is 0.341. The molecule has 0 aliphatic carbocycles. The molecule has 0 saturated carbocycles. The van der Waals surface area contributed by atoms with Crippen molar-refractivity contribution in [2.45, 2.75) is 25.7 Å². The second-order valence-electron chi connectivity index (χ2n) is 5.37. The Labute approximate surface area is 137 Å². The maximum Gasteiger partial charge on any atom is 0.250 e. The zero-order valence-corrected chi connectivity index (χ0v) is 14.7. The third-order valence-electron chi connectivity index (χ3n) is 3.76. The predicted molar refractivity (Wildman–Crippen MR) is 94.7 cm³/mol.